The number of carboxylic acids is 1. The summed E-state index contributed by atoms with van der Waals surface area (Å²) in [7, 11) is 0. The minimum Gasteiger partial charge on any atom is -0.478 e. The molecule has 1 amide bonds. The van der Waals surface area contributed by atoms with Crippen LogP contribution in [-0.4, -0.2) is 46.3 Å². The fourth-order valence-electron chi connectivity index (χ4n) is 3.38. The summed E-state index contributed by atoms with van der Waals surface area (Å²) < 4.78 is 83.2. The number of rotatable bonds is 6. The Balaban J connectivity index is 2.13. The van der Waals surface area contributed by atoms with Crippen molar-refractivity contribution < 1.29 is 45.8 Å². The van der Waals surface area contributed by atoms with Crippen LogP contribution in [0.2, 0.25) is 0 Å². The molecular formula is C20H24F6N2O4. The Bertz CT molecular complexity index is 821. The average molecular weight is 470 g/mol. The van der Waals surface area contributed by atoms with E-state index in [0.29, 0.717) is 25.0 Å². The van der Waals surface area contributed by atoms with Crippen molar-refractivity contribution in [3.05, 3.63) is 34.9 Å². The van der Waals surface area contributed by atoms with Gasteiger partial charge in [0, 0.05) is 25.2 Å². The van der Waals surface area contributed by atoms with Gasteiger partial charge in [0.1, 0.15) is 0 Å². The SMILES string of the molecule is CC[C@@H]1C[C@H](NCc2cc(C(F)(F)F)cc(C(F)(F)F)c2)CN1C(=O)OC(C)(C)C(=O)O. The summed E-state index contributed by atoms with van der Waals surface area (Å²) in [5.41, 5.74) is -4.76. The molecule has 0 radical (unpaired) electrons. The van der Waals surface area contributed by atoms with Crippen LogP contribution < -0.4 is 5.32 Å². The molecule has 1 aliphatic heterocycles. The van der Waals surface area contributed by atoms with Gasteiger partial charge < -0.3 is 20.1 Å². The molecule has 2 atom stereocenters. The molecule has 2 rings (SSSR count). The zero-order valence-electron chi connectivity index (χ0n) is 17.6. The molecule has 32 heavy (non-hydrogen) atoms. The molecule has 0 aliphatic carbocycles. The molecule has 2 N–H and O–H groups in total. The molecule has 1 heterocycles. The molecule has 12 heteroatoms. The average Bonchev–Trinajstić information content (AvgIpc) is 3.08. The molecular weight excluding hydrogens is 446 g/mol. The number of nitrogens with one attached hydrogen (secondary N) is 1. The molecule has 0 bridgehead atoms. The fraction of sp³-hybridized carbons (Fsp3) is 0.600. The number of hydrogen-bond acceptors (Lipinski definition) is 4. The number of benzene rings is 1. The Labute approximate surface area is 180 Å². The lowest BCUT2D eigenvalue weighted by Gasteiger charge is -2.27. The maximum absolute atomic E-state index is 13.0. The molecule has 180 valence electrons. The van der Waals surface area contributed by atoms with Crippen molar-refractivity contribution in [2.24, 2.45) is 0 Å². The van der Waals surface area contributed by atoms with Crippen LogP contribution in [0.15, 0.2) is 18.2 Å². The number of aliphatic carboxylic acids is 1. The highest BCUT2D eigenvalue weighted by atomic mass is 19.4. The molecule has 0 unspecified atom stereocenters. The number of ether oxygens (including phenoxy) is 1. The number of hydrogen-bond donors (Lipinski definition) is 2. The first-order valence-corrected chi connectivity index (χ1v) is 9.79. The molecule has 0 spiro atoms. The van der Waals surface area contributed by atoms with Crippen molar-refractivity contribution in [2.75, 3.05) is 6.54 Å². The van der Waals surface area contributed by atoms with E-state index >= 15 is 0 Å². The van der Waals surface area contributed by atoms with Crippen LogP contribution in [0.4, 0.5) is 31.1 Å². The second-order valence-electron chi connectivity index (χ2n) is 8.13. The highest BCUT2D eigenvalue weighted by Crippen LogP contribution is 2.36. The fourth-order valence-corrected chi connectivity index (χ4v) is 3.38. The number of likely N-dealkylation sites (tertiary alicyclic amines) is 1. The second kappa shape index (κ2) is 9.16. The van der Waals surface area contributed by atoms with Crippen molar-refractivity contribution in [1.82, 2.24) is 10.2 Å². The molecule has 1 fully saturated rings. The first-order valence-electron chi connectivity index (χ1n) is 9.79. The zero-order chi connectivity index (χ0) is 24.5. The summed E-state index contributed by atoms with van der Waals surface area (Å²) in [6, 6.07) is 0.612. The summed E-state index contributed by atoms with van der Waals surface area (Å²) in [5.74, 6) is -1.34. The summed E-state index contributed by atoms with van der Waals surface area (Å²) in [4.78, 5) is 24.9. The van der Waals surface area contributed by atoms with Gasteiger partial charge in [-0.05, 0) is 50.5 Å². The van der Waals surface area contributed by atoms with E-state index in [2.05, 4.69) is 5.32 Å². The quantitative estimate of drug-likeness (QED) is 0.591. The Morgan fingerprint density at radius 3 is 2.06 bits per heavy atom. The van der Waals surface area contributed by atoms with Crippen molar-refractivity contribution >= 4 is 12.1 Å². The van der Waals surface area contributed by atoms with Gasteiger partial charge in [0.05, 0.1) is 11.1 Å². The third-order valence-electron chi connectivity index (χ3n) is 5.22. The van der Waals surface area contributed by atoms with E-state index < -0.39 is 47.2 Å². The van der Waals surface area contributed by atoms with Crippen molar-refractivity contribution in [3.63, 3.8) is 0 Å². The van der Waals surface area contributed by atoms with Crippen LogP contribution in [0.3, 0.4) is 0 Å². The standard InChI is InChI=1S/C20H24F6N2O4/c1-4-15-8-14(10-28(15)17(31)32-18(2,3)16(29)30)27-9-11-5-12(19(21,22)23)7-13(6-11)20(24,25)26/h5-7,14-15,27H,4,8-10H2,1-3H3,(H,29,30)/t14-,15+/m0/s1. The van der Waals surface area contributed by atoms with Crippen molar-refractivity contribution in [2.45, 2.75) is 70.2 Å². The summed E-state index contributed by atoms with van der Waals surface area (Å²) in [5, 5.41) is 12.0. The third kappa shape index (κ3) is 6.27. The Morgan fingerprint density at radius 1 is 1.09 bits per heavy atom. The predicted molar refractivity (Wildman–Crippen MR) is 101 cm³/mol. The van der Waals surface area contributed by atoms with Crippen molar-refractivity contribution in [3.8, 4) is 0 Å². The molecule has 1 saturated heterocycles. The number of amides is 1. The molecule has 1 aliphatic rings. The van der Waals surface area contributed by atoms with E-state index in [1.807, 2.05) is 0 Å². The number of alkyl halides is 6. The van der Waals surface area contributed by atoms with Crippen LogP contribution in [0.1, 0.15) is 50.3 Å². The van der Waals surface area contributed by atoms with Gasteiger partial charge >= 0.3 is 24.4 Å². The number of nitrogens with zero attached hydrogens (tertiary/aromatic N) is 1. The van der Waals surface area contributed by atoms with Crippen LogP contribution in [0, 0.1) is 0 Å². The van der Waals surface area contributed by atoms with Gasteiger partial charge in [-0.3, -0.25) is 0 Å². The molecule has 0 saturated carbocycles. The summed E-state index contributed by atoms with van der Waals surface area (Å²) in [6.45, 7) is 4.01. The predicted octanol–water partition coefficient (Wildman–Crippen LogP) is 4.67. The first-order chi connectivity index (χ1) is 14.5. The number of halogens is 6. The normalized spacial score (nSPS) is 19.8. The maximum Gasteiger partial charge on any atom is 0.416 e. The van der Waals surface area contributed by atoms with Gasteiger partial charge in [-0.2, -0.15) is 26.3 Å². The summed E-state index contributed by atoms with van der Waals surface area (Å²) >= 11 is 0. The molecule has 6 nitrogen and oxygen atoms in total. The number of carbonyl (C=O) groups is 2. The highest BCUT2D eigenvalue weighted by Gasteiger charge is 2.40. The van der Waals surface area contributed by atoms with E-state index in [1.54, 1.807) is 6.92 Å². The van der Waals surface area contributed by atoms with E-state index in [-0.39, 0.29) is 30.8 Å². The first kappa shape index (κ1) is 25.8. The lowest BCUT2D eigenvalue weighted by Crippen LogP contribution is -2.44. The van der Waals surface area contributed by atoms with E-state index in [9.17, 15) is 35.9 Å². The molecule has 1 aromatic carbocycles. The van der Waals surface area contributed by atoms with Gasteiger partial charge in [0.15, 0.2) is 0 Å². The van der Waals surface area contributed by atoms with Crippen LogP contribution in [0.5, 0.6) is 0 Å². The Hall–Kier alpha value is -2.50. The van der Waals surface area contributed by atoms with E-state index in [0.717, 1.165) is 0 Å². The Kier molecular flexibility index (Phi) is 7.38. The van der Waals surface area contributed by atoms with Crippen molar-refractivity contribution in [1.29, 1.82) is 0 Å². The lowest BCUT2D eigenvalue weighted by molar-refractivity contribution is -0.156. The van der Waals surface area contributed by atoms with Gasteiger partial charge in [-0.15, -0.1) is 0 Å². The topological polar surface area (TPSA) is 78.9 Å². The zero-order valence-corrected chi connectivity index (χ0v) is 17.6. The smallest absolute Gasteiger partial charge is 0.416 e. The molecule has 0 aromatic heterocycles. The van der Waals surface area contributed by atoms with Gasteiger partial charge in [0.2, 0.25) is 5.60 Å². The minimum absolute atomic E-state index is 0.0636. The highest BCUT2D eigenvalue weighted by molar-refractivity contribution is 5.80. The maximum atomic E-state index is 13.0. The van der Waals surface area contributed by atoms with Gasteiger partial charge in [-0.1, -0.05) is 6.92 Å². The lowest BCUT2D eigenvalue weighted by atomic mass is 10.0. The third-order valence-corrected chi connectivity index (χ3v) is 5.22. The van der Waals surface area contributed by atoms with E-state index in [1.165, 1.54) is 18.7 Å². The minimum atomic E-state index is -4.94. The monoisotopic (exact) mass is 470 g/mol. The van der Waals surface area contributed by atoms with Gasteiger partial charge in [-0.25, -0.2) is 9.59 Å². The van der Waals surface area contributed by atoms with Crippen LogP contribution in [-0.2, 0) is 28.4 Å². The number of carboxylic acid groups (broad SMARTS) is 1. The number of carbonyl (C=O) groups excluding carboxylic acids is 1. The van der Waals surface area contributed by atoms with Crippen LogP contribution in [0.25, 0.3) is 0 Å². The largest absolute Gasteiger partial charge is 0.478 e. The van der Waals surface area contributed by atoms with Crippen LogP contribution >= 0.6 is 0 Å². The summed E-state index contributed by atoms with van der Waals surface area (Å²) in [6.07, 6.45) is -9.85. The van der Waals surface area contributed by atoms with Gasteiger partial charge in [0.25, 0.3) is 0 Å². The Morgan fingerprint density at radius 2 is 1.62 bits per heavy atom. The van der Waals surface area contributed by atoms with E-state index in [4.69, 9.17) is 9.84 Å². The second-order valence-corrected chi connectivity index (χ2v) is 8.13. The molecule has 1 aromatic rings.